The van der Waals surface area contributed by atoms with E-state index in [0.717, 1.165) is 21.7 Å². The number of carbonyl (C=O) groups is 2. The van der Waals surface area contributed by atoms with Crippen LogP contribution in [-0.4, -0.2) is 49.5 Å². The van der Waals surface area contributed by atoms with Crippen molar-refractivity contribution in [3.05, 3.63) is 63.6 Å². The third-order valence-corrected chi connectivity index (χ3v) is 6.79. The molecule has 0 saturated heterocycles. The summed E-state index contributed by atoms with van der Waals surface area (Å²) in [4.78, 5) is 27.9. The lowest BCUT2D eigenvalue weighted by molar-refractivity contribution is -0.140. The molecule has 0 aromatic heterocycles. The van der Waals surface area contributed by atoms with Crippen LogP contribution in [0.25, 0.3) is 0 Å². The second kappa shape index (κ2) is 11.0. The molecule has 0 unspecified atom stereocenters. The van der Waals surface area contributed by atoms with E-state index in [1.807, 2.05) is 52.0 Å². The Hall–Kier alpha value is -2.29. The third kappa shape index (κ3) is 7.61. The zero-order valence-corrected chi connectivity index (χ0v) is 22.6. The monoisotopic (exact) mass is 527 g/mol. The van der Waals surface area contributed by atoms with Gasteiger partial charge in [-0.3, -0.25) is 13.9 Å². The van der Waals surface area contributed by atoms with E-state index in [9.17, 15) is 18.0 Å². The van der Waals surface area contributed by atoms with Crippen molar-refractivity contribution in [2.45, 2.75) is 52.7 Å². The Morgan fingerprint density at radius 1 is 1.09 bits per heavy atom. The van der Waals surface area contributed by atoms with Gasteiger partial charge in [0.1, 0.15) is 12.6 Å². The number of anilines is 1. The molecule has 0 bridgehead atoms. The number of rotatable bonds is 8. The second-order valence-corrected chi connectivity index (χ2v) is 12.0. The highest BCUT2D eigenvalue weighted by atomic mass is 35.5. The van der Waals surface area contributed by atoms with Gasteiger partial charge in [-0.2, -0.15) is 0 Å². The van der Waals surface area contributed by atoms with Crippen LogP contribution in [0.5, 0.6) is 0 Å². The summed E-state index contributed by atoms with van der Waals surface area (Å²) in [5.41, 5.74) is 1.42. The van der Waals surface area contributed by atoms with E-state index in [0.29, 0.717) is 5.02 Å². The second-order valence-electron chi connectivity index (χ2n) is 9.23. The van der Waals surface area contributed by atoms with Crippen LogP contribution in [0.1, 0.15) is 38.8 Å². The first-order chi connectivity index (χ1) is 15.6. The maximum Gasteiger partial charge on any atom is 0.244 e. The molecule has 0 saturated carbocycles. The van der Waals surface area contributed by atoms with Crippen molar-refractivity contribution < 1.29 is 18.0 Å². The SMILES string of the molecule is Cc1ccccc1CN(C(=O)CN(c1ccc(Cl)cc1Cl)S(C)(=O)=O)[C@@H](C)C(=O)NC(C)(C)C. The van der Waals surface area contributed by atoms with Crippen molar-refractivity contribution in [3.8, 4) is 0 Å². The summed E-state index contributed by atoms with van der Waals surface area (Å²) < 4.78 is 26.2. The molecule has 0 radical (unpaired) electrons. The molecule has 0 aliphatic heterocycles. The number of hydrogen-bond acceptors (Lipinski definition) is 4. The molecule has 0 aliphatic carbocycles. The topological polar surface area (TPSA) is 86.8 Å². The van der Waals surface area contributed by atoms with Gasteiger partial charge in [0.2, 0.25) is 21.8 Å². The van der Waals surface area contributed by atoms with Crippen molar-refractivity contribution >= 4 is 50.7 Å². The molecular weight excluding hydrogens is 497 g/mol. The third-order valence-electron chi connectivity index (χ3n) is 5.13. The number of benzene rings is 2. The number of carbonyl (C=O) groups excluding carboxylic acids is 2. The van der Waals surface area contributed by atoms with Gasteiger partial charge in [0.25, 0.3) is 0 Å². The van der Waals surface area contributed by atoms with Gasteiger partial charge in [0.15, 0.2) is 0 Å². The lowest BCUT2D eigenvalue weighted by atomic mass is 10.1. The Kier molecular flexibility index (Phi) is 9.02. The Morgan fingerprint density at radius 3 is 2.24 bits per heavy atom. The van der Waals surface area contributed by atoms with Crippen molar-refractivity contribution in [2.24, 2.45) is 0 Å². The van der Waals surface area contributed by atoms with Crippen LogP contribution in [0.2, 0.25) is 10.0 Å². The maximum absolute atomic E-state index is 13.5. The lowest BCUT2D eigenvalue weighted by Gasteiger charge is -2.33. The molecule has 0 fully saturated rings. The van der Waals surface area contributed by atoms with Crippen molar-refractivity contribution in [3.63, 3.8) is 0 Å². The van der Waals surface area contributed by atoms with E-state index in [2.05, 4.69) is 5.32 Å². The fraction of sp³-hybridized carbons (Fsp3) is 0.417. The number of nitrogens with one attached hydrogen (secondary N) is 1. The molecule has 186 valence electrons. The Balaban J connectivity index is 2.45. The fourth-order valence-electron chi connectivity index (χ4n) is 3.31. The normalized spacial score (nSPS) is 12.7. The first kappa shape index (κ1) is 28.0. The largest absolute Gasteiger partial charge is 0.350 e. The Morgan fingerprint density at radius 2 is 1.71 bits per heavy atom. The smallest absolute Gasteiger partial charge is 0.244 e. The highest BCUT2D eigenvalue weighted by Gasteiger charge is 2.32. The average molecular weight is 529 g/mol. The lowest BCUT2D eigenvalue weighted by Crippen LogP contribution is -2.54. The van der Waals surface area contributed by atoms with Crippen LogP contribution in [0, 0.1) is 6.92 Å². The zero-order chi connectivity index (χ0) is 25.8. The van der Waals surface area contributed by atoms with Crippen molar-refractivity contribution in [1.82, 2.24) is 10.2 Å². The van der Waals surface area contributed by atoms with Gasteiger partial charge < -0.3 is 10.2 Å². The predicted molar refractivity (Wildman–Crippen MR) is 138 cm³/mol. The molecule has 7 nitrogen and oxygen atoms in total. The summed E-state index contributed by atoms with van der Waals surface area (Å²) in [5.74, 6) is -0.888. The van der Waals surface area contributed by atoms with E-state index in [1.54, 1.807) is 6.92 Å². The molecule has 2 aromatic rings. The number of aryl methyl sites for hydroxylation is 1. The summed E-state index contributed by atoms with van der Waals surface area (Å²) in [5, 5.41) is 3.31. The minimum atomic E-state index is -3.88. The average Bonchev–Trinajstić information content (AvgIpc) is 2.69. The molecule has 1 atom stereocenters. The predicted octanol–water partition coefficient (Wildman–Crippen LogP) is 4.40. The van der Waals surface area contributed by atoms with Gasteiger partial charge in [-0.05, 0) is 63.9 Å². The summed E-state index contributed by atoms with van der Waals surface area (Å²) in [6, 6.07) is 11.0. The summed E-state index contributed by atoms with van der Waals surface area (Å²) in [7, 11) is -3.88. The van der Waals surface area contributed by atoms with Crippen LogP contribution in [-0.2, 0) is 26.2 Å². The fourth-order valence-corrected chi connectivity index (χ4v) is 4.73. The number of hydrogen-bond donors (Lipinski definition) is 1. The molecule has 1 N–H and O–H groups in total. The molecule has 0 heterocycles. The van der Waals surface area contributed by atoms with Crippen LogP contribution in [0.4, 0.5) is 5.69 Å². The number of sulfonamides is 1. The van der Waals surface area contributed by atoms with Gasteiger partial charge in [0, 0.05) is 17.1 Å². The van der Waals surface area contributed by atoms with Crippen LogP contribution >= 0.6 is 23.2 Å². The molecule has 10 heteroatoms. The van der Waals surface area contributed by atoms with Gasteiger partial charge in [0.05, 0.1) is 17.0 Å². The van der Waals surface area contributed by atoms with Crippen LogP contribution in [0.15, 0.2) is 42.5 Å². The Labute approximate surface area is 212 Å². The molecule has 2 amide bonds. The van der Waals surface area contributed by atoms with Gasteiger partial charge in [-0.25, -0.2) is 8.42 Å². The first-order valence-corrected chi connectivity index (χ1v) is 13.3. The van der Waals surface area contributed by atoms with Gasteiger partial charge >= 0.3 is 0 Å². The Bertz CT molecular complexity index is 1160. The highest BCUT2D eigenvalue weighted by molar-refractivity contribution is 7.92. The van der Waals surface area contributed by atoms with E-state index < -0.39 is 34.1 Å². The molecule has 2 rings (SSSR count). The van der Waals surface area contributed by atoms with E-state index in [-0.39, 0.29) is 23.2 Å². The molecule has 0 aliphatic rings. The summed E-state index contributed by atoms with van der Waals surface area (Å²) in [6.45, 7) is 8.68. The minimum absolute atomic E-state index is 0.0923. The number of halogens is 2. The number of amides is 2. The molecule has 2 aromatic carbocycles. The van der Waals surface area contributed by atoms with E-state index in [4.69, 9.17) is 23.2 Å². The minimum Gasteiger partial charge on any atom is -0.350 e. The van der Waals surface area contributed by atoms with Gasteiger partial charge in [-0.1, -0.05) is 47.5 Å². The summed E-state index contributed by atoms with van der Waals surface area (Å²) >= 11 is 12.2. The van der Waals surface area contributed by atoms with Crippen molar-refractivity contribution in [1.29, 1.82) is 0 Å². The molecule has 0 spiro atoms. The maximum atomic E-state index is 13.5. The molecule has 34 heavy (non-hydrogen) atoms. The van der Waals surface area contributed by atoms with Gasteiger partial charge in [-0.15, -0.1) is 0 Å². The van der Waals surface area contributed by atoms with Crippen LogP contribution in [0.3, 0.4) is 0 Å². The van der Waals surface area contributed by atoms with Crippen molar-refractivity contribution in [2.75, 3.05) is 17.1 Å². The van der Waals surface area contributed by atoms with Crippen LogP contribution < -0.4 is 9.62 Å². The number of nitrogens with zero attached hydrogens (tertiary/aromatic N) is 2. The zero-order valence-electron chi connectivity index (χ0n) is 20.2. The summed E-state index contributed by atoms with van der Waals surface area (Å²) in [6.07, 6.45) is 0.993. The highest BCUT2D eigenvalue weighted by Crippen LogP contribution is 2.30. The standard InChI is InChI=1S/C24H31Cl2N3O4S/c1-16-9-7-8-10-18(16)14-28(17(2)23(31)27-24(3,4)5)22(30)15-29(34(6,32)33)21-12-11-19(25)13-20(21)26/h7-13,17H,14-15H2,1-6H3,(H,27,31)/t17-/m0/s1. The van der Waals surface area contributed by atoms with E-state index in [1.165, 1.54) is 23.1 Å². The first-order valence-electron chi connectivity index (χ1n) is 10.7. The quantitative estimate of drug-likeness (QED) is 0.551. The molecular formula is C24H31Cl2N3O4S. The van der Waals surface area contributed by atoms with E-state index >= 15 is 0 Å².